The second-order valence-electron chi connectivity index (χ2n) is 4.21. The first-order chi connectivity index (χ1) is 8.19. The second kappa shape index (κ2) is 7.07. The molecule has 3 nitrogen and oxygen atoms in total. The molecule has 0 bridgehead atoms. The van der Waals surface area contributed by atoms with Gasteiger partial charge < -0.3 is 10.0 Å². The van der Waals surface area contributed by atoms with Crippen molar-refractivity contribution in [1.82, 2.24) is 0 Å². The Morgan fingerprint density at radius 2 is 2.18 bits per heavy atom. The number of aryl methyl sites for hydroxylation is 1. The van der Waals surface area contributed by atoms with Crippen molar-refractivity contribution in [2.24, 2.45) is 0 Å². The van der Waals surface area contributed by atoms with E-state index in [1.807, 2.05) is 38.1 Å². The topological polar surface area (TPSA) is 40.5 Å². The van der Waals surface area contributed by atoms with Gasteiger partial charge in [-0.25, -0.2) is 0 Å². The van der Waals surface area contributed by atoms with Crippen molar-refractivity contribution < 1.29 is 9.90 Å². The highest BCUT2D eigenvalue weighted by Gasteiger charge is 2.14. The average Bonchev–Trinajstić information content (AvgIpc) is 2.30. The van der Waals surface area contributed by atoms with E-state index in [-0.39, 0.29) is 12.5 Å². The van der Waals surface area contributed by atoms with Crippen molar-refractivity contribution in [1.29, 1.82) is 0 Å². The van der Waals surface area contributed by atoms with Gasteiger partial charge in [-0.3, -0.25) is 4.79 Å². The maximum absolute atomic E-state index is 12.0. The van der Waals surface area contributed by atoms with Gasteiger partial charge in [0, 0.05) is 25.3 Å². The zero-order valence-electron chi connectivity index (χ0n) is 10.6. The summed E-state index contributed by atoms with van der Waals surface area (Å²) in [5.74, 6) is 0.131. The minimum Gasteiger partial charge on any atom is -0.396 e. The van der Waals surface area contributed by atoms with Crippen LogP contribution in [0.1, 0.15) is 31.7 Å². The van der Waals surface area contributed by atoms with Gasteiger partial charge in [0.2, 0.25) is 5.91 Å². The molecule has 0 saturated heterocycles. The predicted octanol–water partition coefficient (Wildman–Crippen LogP) is 2.51. The summed E-state index contributed by atoms with van der Waals surface area (Å²) in [4.78, 5) is 13.8. The summed E-state index contributed by atoms with van der Waals surface area (Å²) in [7, 11) is 0. The standard InChI is InChI=1S/C14H21NO2/c1-3-6-14(17)15(9-5-10-16)13-8-4-7-12(2)11-13/h4,7-8,11,16H,3,5-6,9-10H2,1-2H3. The summed E-state index contributed by atoms with van der Waals surface area (Å²) in [5.41, 5.74) is 2.07. The number of rotatable bonds is 6. The van der Waals surface area contributed by atoms with Crippen molar-refractivity contribution in [2.45, 2.75) is 33.1 Å². The van der Waals surface area contributed by atoms with E-state index < -0.39 is 0 Å². The molecule has 0 aliphatic rings. The van der Waals surface area contributed by atoms with E-state index in [0.29, 0.717) is 19.4 Å². The van der Waals surface area contributed by atoms with E-state index in [9.17, 15) is 4.79 Å². The van der Waals surface area contributed by atoms with Crippen LogP contribution >= 0.6 is 0 Å². The van der Waals surface area contributed by atoms with Gasteiger partial charge in [0.05, 0.1) is 0 Å². The Bertz CT molecular complexity index is 363. The average molecular weight is 235 g/mol. The van der Waals surface area contributed by atoms with E-state index in [1.54, 1.807) is 4.90 Å². The summed E-state index contributed by atoms with van der Waals surface area (Å²) >= 11 is 0. The molecule has 1 amide bonds. The van der Waals surface area contributed by atoms with Gasteiger partial charge in [-0.05, 0) is 37.5 Å². The number of carbonyl (C=O) groups excluding carboxylic acids is 1. The largest absolute Gasteiger partial charge is 0.396 e. The second-order valence-corrected chi connectivity index (χ2v) is 4.21. The minimum atomic E-state index is 0.113. The molecule has 0 radical (unpaired) electrons. The molecule has 1 aromatic rings. The molecule has 17 heavy (non-hydrogen) atoms. The fourth-order valence-corrected chi connectivity index (χ4v) is 1.77. The lowest BCUT2D eigenvalue weighted by molar-refractivity contribution is -0.118. The molecule has 0 atom stereocenters. The van der Waals surface area contributed by atoms with Crippen LogP contribution in [0.3, 0.4) is 0 Å². The number of nitrogens with zero attached hydrogens (tertiary/aromatic N) is 1. The first kappa shape index (κ1) is 13.7. The molecule has 1 aromatic carbocycles. The van der Waals surface area contributed by atoms with Crippen LogP contribution in [0.15, 0.2) is 24.3 Å². The predicted molar refractivity (Wildman–Crippen MR) is 70.1 cm³/mol. The van der Waals surface area contributed by atoms with Crippen LogP contribution in [0.2, 0.25) is 0 Å². The Morgan fingerprint density at radius 1 is 1.41 bits per heavy atom. The number of hydrogen-bond donors (Lipinski definition) is 1. The van der Waals surface area contributed by atoms with Crippen LogP contribution in [0, 0.1) is 6.92 Å². The van der Waals surface area contributed by atoms with E-state index in [0.717, 1.165) is 17.7 Å². The molecule has 0 aliphatic heterocycles. The summed E-state index contributed by atoms with van der Waals surface area (Å²) < 4.78 is 0. The Kier molecular flexibility index (Phi) is 5.70. The third-order valence-electron chi connectivity index (χ3n) is 2.62. The Labute approximate surface area is 103 Å². The Hall–Kier alpha value is -1.35. The molecule has 0 saturated carbocycles. The molecule has 0 unspecified atom stereocenters. The number of aliphatic hydroxyl groups is 1. The normalized spacial score (nSPS) is 10.3. The SMILES string of the molecule is CCCC(=O)N(CCCO)c1cccc(C)c1. The maximum atomic E-state index is 12.0. The third-order valence-corrected chi connectivity index (χ3v) is 2.62. The lowest BCUT2D eigenvalue weighted by atomic mass is 10.2. The quantitative estimate of drug-likeness (QED) is 0.823. The number of aliphatic hydroxyl groups excluding tert-OH is 1. The van der Waals surface area contributed by atoms with Gasteiger partial charge in [-0.15, -0.1) is 0 Å². The third kappa shape index (κ3) is 4.19. The highest BCUT2D eigenvalue weighted by molar-refractivity contribution is 5.93. The minimum absolute atomic E-state index is 0.113. The van der Waals surface area contributed by atoms with Crippen LogP contribution < -0.4 is 4.90 Å². The number of anilines is 1. The lowest BCUT2D eigenvalue weighted by Crippen LogP contribution is -2.32. The zero-order chi connectivity index (χ0) is 12.7. The van der Waals surface area contributed by atoms with E-state index in [2.05, 4.69) is 0 Å². The molecule has 94 valence electrons. The smallest absolute Gasteiger partial charge is 0.226 e. The molecule has 0 spiro atoms. The Balaban J connectivity index is 2.85. The van der Waals surface area contributed by atoms with Gasteiger partial charge >= 0.3 is 0 Å². The first-order valence-corrected chi connectivity index (χ1v) is 6.17. The molecule has 1 rings (SSSR count). The zero-order valence-corrected chi connectivity index (χ0v) is 10.6. The van der Waals surface area contributed by atoms with Crippen molar-refractivity contribution >= 4 is 11.6 Å². The molecule has 0 aliphatic carbocycles. The van der Waals surface area contributed by atoms with Crippen molar-refractivity contribution in [3.8, 4) is 0 Å². The summed E-state index contributed by atoms with van der Waals surface area (Å²) in [6.07, 6.45) is 2.02. The van der Waals surface area contributed by atoms with Gasteiger partial charge in [0.15, 0.2) is 0 Å². The van der Waals surface area contributed by atoms with E-state index in [4.69, 9.17) is 5.11 Å². The maximum Gasteiger partial charge on any atom is 0.226 e. The molecule has 3 heteroatoms. The summed E-state index contributed by atoms with van der Waals surface area (Å²) in [5, 5.41) is 8.89. The molecular weight excluding hydrogens is 214 g/mol. The molecule has 0 aromatic heterocycles. The number of carbonyl (C=O) groups is 1. The lowest BCUT2D eigenvalue weighted by Gasteiger charge is -2.22. The van der Waals surface area contributed by atoms with Crippen LogP contribution in [0.25, 0.3) is 0 Å². The monoisotopic (exact) mass is 235 g/mol. The first-order valence-electron chi connectivity index (χ1n) is 6.17. The van der Waals surface area contributed by atoms with E-state index in [1.165, 1.54) is 0 Å². The molecule has 1 N–H and O–H groups in total. The Morgan fingerprint density at radius 3 is 2.76 bits per heavy atom. The molecule has 0 fully saturated rings. The van der Waals surface area contributed by atoms with Gasteiger partial charge in [-0.2, -0.15) is 0 Å². The van der Waals surface area contributed by atoms with Crippen molar-refractivity contribution in [2.75, 3.05) is 18.1 Å². The van der Waals surface area contributed by atoms with Crippen molar-refractivity contribution in [3.63, 3.8) is 0 Å². The fourth-order valence-electron chi connectivity index (χ4n) is 1.77. The van der Waals surface area contributed by atoms with Crippen LogP contribution in [0.5, 0.6) is 0 Å². The van der Waals surface area contributed by atoms with Gasteiger partial charge in [0.25, 0.3) is 0 Å². The van der Waals surface area contributed by atoms with Crippen LogP contribution in [0.4, 0.5) is 5.69 Å². The highest BCUT2D eigenvalue weighted by Crippen LogP contribution is 2.17. The molecule has 0 heterocycles. The van der Waals surface area contributed by atoms with E-state index >= 15 is 0 Å². The summed E-state index contributed by atoms with van der Waals surface area (Å²) in [6, 6.07) is 7.91. The van der Waals surface area contributed by atoms with Crippen LogP contribution in [-0.2, 0) is 4.79 Å². The highest BCUT2D eigenvalue weighted by atomic mass is 16.3. The fraction of sp³-hybridized carbons (Fsp3) is 0.500. The van der Waals surface area contributed by atoms with Gasteiger partial charge in [-0.1, -0.05) is 19.1 Å². The van der Waals surface area contributed by atoms with Gasteiger partial charge in [0.1, 0.15) is 0 Å². The number of hydrogen-bond acceptors (Lipinski definition) is 2. The van der Waals surface area contributed by atoms with Crippen LogP contribution in [-0.4, -0.2) is 24.2 Å². The van der Waals surface area contributed by atoms with Crippen molar-refractivity contribution in [3.05, 3.63) is 29.8 Å². The summed E-state index contributed by atoms with van der Waals surface area (Å²) in [6.45, 7) is 4.71. The number of benzene rings is 1. The molecular formula is C14H21NO2. The number of amides is 1.